The normalized spacial score (nSPS) is 12.2. The van der Waals surface area contributed by atoms with Crippen LogP contribution in [0.4, 0.5) is 11.5 Å². The second-order valence-corrected chi connectivity index (χ2v) is 3.47. The smallest absolute Gasteiger partial charge is 0.289 e. The second kappa shape index (κ2) is 4.90. The number of hydrogen-bond acceptors (Lipinski definition) is 5. The van der Waals surface area contributed by atoms with Gasteiger partial charge in [0.2, 0.25) is 0 Å². The molecule has 0 spiro atoms. The van der Waals surface area contributed by atoms with Crippen LogP contribution in [0, 0.1) is 10.1 Å². The summed E-state index contributed by atoms with van der Waals surface area (Å²) < 4.78 is 0. The standard InChI is InChI=1S/C8H11ClN4O2/c1-5(3-10)12-8-7(9)2-6(4-11-8)13(14)15/h2,4-5H,3,10H2,1H3,(H,11,12). The fourth-order valence-corrected chi connectivity index (χ4v) is 1.14. The van der Waals surface area contributed by atoms with Gasteiger partial charge in [0, 0.05) is 18.7 Å². The first-order valence-electron chi connectivity index (χ1n) is 4.31. The zero-order chi connectivity index (χ0) is 11.4. The van der Waals surface area contributed by atoms with Crippen molar-refractivity contribution in [1.29, 1.82) is 0 Å². The van der Waals surface area contributed by atoms with E-state index < -0.39 is 4.92 Å². The maximum Gasteiger partial charge on any atom is 0.289 e. The number of hydrogen-bond donors (Lipinski definition) is 2. The predicted molar refractivity (Wildman–Crippen MR) is 58.0 cm³/mol. The van der Waals surface area contributed by atoms with E-state index in [0.717, 1.165) is 6.20 Å². The van der Waals surface area contributed by atoms with Crippen LogP contribution < -0.4 is 11.1 Å². The van der Waals surface area contributed by atoms with Gasteiger partial charge in [-0.3, -0.25) is 10.1 Å². The van der Waals surface area contributed by atoms with Crippen LogP contribution in [0.5, 0.6) is 0 Å². The fraction of sp³-hybridized carbons (Fsp3) is 0.375. The van der Waals surface area contributed by atoms with Crippen LogP contribution in [0.25, 0.3) is 0 Å². The summed E-state index contributed by atoms with van der Waals surface area (Å²) in [4.78, 5) is 13.7. The minimum absolute atomic E-state index is 0.0106. The van der Waals surface area contributed by atoms with Crippen molar-refractivity contribution in [2.75, 3.05) is 11.9 Å². The zero-order valence-corrected chi connectivity index (χ0v) is 8.86. The molecule has 0 bridgehead atoms. The average molecular weight is 231 g/mol. The van der Waals surface area contributed by atoms with Crippen molar-refractivity contribution in [3.63, 3.8) is 0 Å². The summed E-state index contributed by atoms with van der Waals surface area (Å²) >= 11 is 5.80. The lowest BCUT2D eigenvalue weighted by molar-refractivity contribution is -0.385. The molecule has 0 aliphatic carbocycles. The first-order valence-corrected chi connectivity index (χ1v) is 4.69. The van der Waals surface area contributed by atoms with Gasteiger partial charge in [-0.25, -0.2) is 4.98 Å². The summed E-state index contributed by atoms with van der Waals surface area (Å²) in [5.41, 5.74) is 5.27. The molecular weight excluding hydrogens is 220 g/mol. The fourth-order valence-electron chi connectivity index (χ4n) is 0.926. The molecule has 1 atom stereocenters. The Morgan fingerprint density at radius 3 is 2.93 bits per heavy atom. The number of pyridine rings is 1. The molecule has 0 fully saturated rings. The van der Waals surface area contributed by atoms with Gasteiger partial charge in [0.25, 0.3) is 5.69 Å². The van der Waals surface area contributed by atoms with Crippen LogP contribution in [0.2, 0.25) is 5.02 Å². The Morgan fingerprint density at radius 1 is 1.80 bits per heavy atom. The lowest BCUT2D eigenvalue weighted by Crippen LogP contribution is -2.25. The maximum atomic E-state index is 10.4. The average Bonchev–Trinajstić information content (AvgIpc) is 2.20. The van der Waals surface area contributed by atoms with E-state index in [1.165, 1.54) is 6.07 Å². The van der Waals surface area contributed by atoms with Gasteiger partial charge in [0.15, 0.2) is 0 Å². The Kier molecular flexibility index (Phi) is 3.81. The minimum atomic E-state index is -0.547. The van der Waals surface area contributed by atoms with E-state index >= 15 is 0 Å². The number of nitrogens with zero attached hydrogens (tertiary/aromatic N) is 2. The van der Waals surface area contributed by atoms with E-state index in [4.69, 9.17) is 17.3 Å². The quantitative estimate of drug-likeness (QED) is 0.602. The van der Waals surface area contributed by atoms with E-state index in [9.17, 15) is 10.1 Å². The van der Waals surface area contributed by atoms with Crippen LogP contribution in [-0.2, 0) is 0 Å². The molecule has 1 aromatic rings. The number of aromatic nitrogens is 1. The molecule has 0 aliphatic heterocycles. The topological polar surface area (TPSA) is 94.1 Å². The minimum Gasteiger partial charge on any atom is -0.365 e. The van der Waals surface area contributed by atoms with Gasteiger partial charge in [-0.2, -0.15) is 0 Å². The van der Waals surface area contributed by atoms with Crippen LogP contribution >= 0.6 is 11.6 Å². The molecule has 1 heterocycles. The van der Waals surface area contributed by atoms with Crippen molar-refractivity contribution in [3.8, 4) is 0 Å². The summed E-state index contributed by atoms with van der Waals surface area (Å²) in [5, 5.41) is 13.6. The lowest BCUT2D eigenvalue weighted by Gasteiger charge is -2.12. The molecule has 6 nitrogen and oxygen atoms in total. The maximum absolute atomic E-state index is 10.4. The Morgan fingerprint density at radius 2 is 2.47 bits per heavy atom. The van der Waals surface area contributed by atoms with Gasteiger partial charge in [-0.1, -0.05) is 11.6 Å². The van der Waals surface area contributed by atoms with E-state index in [1.54, 1.807) is 0 Å². The molecule has 0 aromatic carbocycles. The Labute approximate surface area is 91.6 Å². The third-order valence-corrected chi connectivity index (χ3v) is 2.06. The van der Waals surface area contributed by atoms with E-state index in [-0.39, 0.29) is 16.8 Å². The van der Waals surface area contributed by atoms with Gasteiger partial charge in [0.1, 0.15) is 12.0 Å². The van der Waals surface area contributed by atoms with E-state index in [1.807, 2.05) is 6.92 Å². The first-order chi connectivity index (χ1) is 7.04. The summed E-state index contributed by atoms with van der Waals surface area (Å²) in [6.45, 7) is 2.29. The molecular formula is C8H11ClN4O2. The molecule has 1 rings (SSSR count). The van der Waals surface area contributed by atoms with Crippen LogP contribution in [0.15, 0.2) is 12.3 Å². The van der Waals surface area contributed by atoms with E-state index in [2.05, 4.69) is 10.3 Å². The molecule has 1 aromatic heterocycles. The van der Waals surface area contributed by atoms with Crippen LogP contribution in [0.1, 0.15) is 6.92 Å². The van der Waals surface area contributed by atoms with Crippen molar-refractivity contribution in [1.82, 2.24) is 4.98 Å². The highest BCUT2D eigenvalue weighted by Gasteiger charge is 2.11. The van der Waals surface area contributed by atoms with Crippen molar-refractivity contribution in [2.24, 2.45) is 5.73 Å². The molecule has 7 heteroatoms. The van der Waals surface area contributed by atoms with Crippen LogP contribution in [-0.4, -0.2) is 22.5 Å². The number of nitro groups is 1. The first kappa shape index (κ1) is 11.7. The highest BCUT2D eigenvalue weighted by molar-refractivity contribution is 6.33. The van der Waals surface area contributed by atoms with Gasteiger partial charge in [0.05, 0.1) is 9.95 Å². The molecule has 0 saturated heterocycles. The molecule has 0 radical (unpaired) electrons. The van der Waals surface area contributed by atoms with Crippen molar-refractivity contribution in [3.05, 3.63) is 27.4 Å². The van der Waals surface area contributed by atoms with Gasteiger partial charge in [-0.05, 0) is 6.92 Å². The van der Waals surface area contributed by atoms with Crippen molar-refractivity contribution in [2.45, 2.75) is 13.0 Å². The van der Waals surface area contributed by atoms with Gasteiger partial charge >= 0.3 is 0 Å². The molecule has 15 heavy (non-hydrogen) atoms. The summed E-state index contributed by atoms with van der Waals surface area (Å²) in [6.07, 6.45) is 1.15. The largest absolute Gasteiger partial charge is 0.365 e. The Balaban J connectivity index is 2.88. The Bertz CT molecular complexity index is 372. The van der Waals surface area contributed by atoms with Crippen molar-refractivity contribution < 1.29 is 4.92 Å². The number of nitrogens with one attached hydrogen (secondary N) is 1. The Hall–Kier alpha value is -1.40. The lowest BCUT2D eigenvalue weighted by atomic mass is 10.3. The second-order valence-electron chi connectivity index (χ2n) is 3.06. The van der Waals surface area contributed by atoms with Crippen LogP contribution in [0.3, 0.4) is 0 Å². The molecule has 0 aliphatic rings. The predicted octanol–water partition coefficient (Wildman–Crippen LogP) is 1.40. The highest BCUT2D eigenvalue weighted by Crippen LogP contribution is 2.24. The monoisotopic (exact) mass is 230 g/mol. The summed E-state index contributed by atoms with van der Waals surface area (Å²) in [7, 11) is 0. The summed E-state index contributed by atoms with van der Waals surface area (Å²) in [5.74, 6) is 0.403. The SMILES string of the molecule is CC(CN)Nc1ncc([N+](=O)[O-])cc1Cl. The molecule has 3 N–H and O–H groups in total. The highest BCUT2D eigenvalue weighted by atomic mass is 35.5. The number of rotatable bonds is 4. The van der Waals surface area contributed by atoms with Gasteiger partial charge in [-0.15, -0.1) is 0 Å². The van der Waals surface area contributed by atoms with Crippen molar-refractivity contribution >= 4 is 23.1 Å². The number of anilines is 1. The third kappa shape index (κ3) is 3.03. The van der Waals surface area contributed by atoms with E-state index in [0.29, 0.717) is 12.4 Å². The molecule has 1 unspecified atom stereocenters. The van der Waals surface area contributed by atoms with Gasteiger partial charge < -0.3 is 11.1 Å². The molecule has 0 amide bonds. The summed E-state index contributed by atoms with van der Waals surface area (Å²) in [6, 6.07) is 1.26. The number of halogens is 1. The molecule has 82 valence electrons. The number of nitrogens with two attached hydrogens (primary N) is 1. The third-order valence-electron chi connectivity index (χ3n) is 1.77. The molecule has 0 saturated carbocycles. The zero-order valence-electron chi connectivity index (χ0n) is 8.11.